The summed E-state index contributed by atoms with van der Waals surface area (Å²) in [4.78, 5) is 2.78. The van der Waals surface area contributed by atoms with E-state index in [9.17, 15) is 0 Å². The monoisotopic (exact) mass is 184 g/mol. The fraction of sp³-hybridized carbons (Fsp3) is 0.600. The molecule has 1 aromatic rings. The molecule has 0 atom stereocenters. The molecule has 0 aliphatic rings. The van der Waals surface area contributed by atoms with Crippen molar-refractivity contribution in [1.82, 2.24) is 0 Å². The number of hydrogen-bond acceptors (Lipinski definition) is 2. The number of thiophene rings is 1. The lowest BCUT2D eigenvalue weighted by Crippen LogP contribution is -1.87. The zero-order valence-corrected chi connectivity index (χ0v) is 8.78. The molecule has 1 heterocycles. The highest BCUT2D eigenvalue weighted by molar-refractivity contribution is 7.12. The van der Waals surface area contributed by atoms with Gasteiger partial charge in [0, 0.05) is 16.4 Å². The van der Waals surface area contributed by atoms with Gasteiger partial charge in [0.1, 0.15) is 0 Å². The van der Waals surface area contributed by atoms with Gasteiger partial charge in [-0.25, -0.2) is 0 Å². The van der Waals surface area contributed by atoms with Crippen LogP contribution in [0.3, 0.4) is 0 Å². The molecule has 0 spiro atoms. The molecule has 1 rings (SSSR count). The van der Waals surface area contributed by atoms with Crippen LogP contribution < -0.4 is 0 Å². The lowest BCUT2D eigenvalue weighted by Gasteiger charge is -1.98. The minimum absolute atomic E-state index is 0.644. The molecule has 0 bridgehead atoms. The molecular weight excluding hydrogens is 168 g/mol. The van der Waals surface area contributed by atoms with Crippen LogP contribution in [0.5, 0.6) is 0 Å². The van der Waals surface area contributed by atoms with E-state index < -0.39 is 0 Å². The van der Waals surface area contributed by atoms with Gasteiger partial charge in [0.25, 0.3) is 0 Å². The van der Waals surface area contributed by atoms with Crippen LogP contribution in [0, 0.1) is 0 Å². The van der Waals surface area contributed by atoms with Crippen LogP contribution in [0.25, 0.3) is 0 Å². The Kier molecular flexibility index (Phi) is 3.76. The average Bonchev–Trinajstić information content (AvgIpc) is 2.48. The van der Waals surface area contributed by atoms with Crippen LogP contribution in [0.4, 0.5) is 0 Å². The van der Waals surface area contributed by atoms with Gasteiger partial charge in [0.05, 0.1) is 6.61 Å². The Morgan fingerprint density at radius 3 is 2.67 bits per heavy atom. The maximum atomic E-state index is 5.32. The van der Waals surface area contributed by atoms with Crippen LogP contribution in [0.15, 0.2) is 12.1 Å². The maximum absolute atomic E-state index is 5.32. The molecular formula is C10H16OS. The molecule has 0 aromatic carbocycles. The molecule has 0 saturated carbocycles. The molecule has 12 heavy (non-hydrogen) atoms. The summed E-state index contributed by atoms with van der Waals surface area (Å²) in [6, 6.07) is 4.36. The normalized spacial score (nSPS) is 11.0. The third kappa shape index (κ3) is 2.61. The molecule has 0 saturated heterocycles. The van der Waals surface area contributed by atoms with Crippen molar-refractivity contribution in [2.24, 2.45) is 0 Å². The fourth-order valence-corrected chi connectivity index (χ4v) is 1.94. The molecule has 0 N–H and O–H groups in total. The first-order valence-electron chi connectivity index (χ1n) is 4.40. The highest BCUT2D eigenvalue weighted by atomic mass is 32.1. The van der Waals surface area contributed by atoms with Gasteiger partial charge in [0.15, 0.2) is 0 Å². The summed E-state index contributed by atoms with van der Waals surface area (Å²) >= 11 is 1.86. The molecule has 1 aromatic heterocycles. The first-order chi connectivity index (χ1) is 5.74. The third-order valence-corrected chi connectivity index (χ3v) is 3.06. The van der Waals surface area contributed by atoms with E-state index in [1.807, 2.05) is 18.3 Å². The lowest BCUT2D eigenvalue weighted by atomic mass is 10.2. The minimum atomic E-state index is 0.644. The molecule has 2 heteroatoms. The summed E-state index contributed by atoms with van der Waals surface area (Å²) in [7, 11) is 0. The standard InChI is InChI=1S/C10H16OS/c1-4-11-7-9-5-6-10(12-9)8(2)3/h5-6,8H,4,7H2,1-3H3. The summed E-state index contributed by atoms with van der Waals surface area (Å²) in [6.45, 7) is 8.03. The van der Waals surface area contributed by atoms with Crippen LogP contribution in [-0.4, -0.2) is 6.61 Å². The van der Waals surface area contributed by atoms with Crippen molar-refractivity contribution in [3.63, 3.8) is 0 Å². The fourth-order valence-electron chi connectivity index (χ4n) is 0.985. The van der Waals surface area contributed by atoms with E-state index in [0.717, 1.165) is 13.2 Å². The van der Waals surface area contributed by atoms with Crippen molar-refractivity contribution >= 4 is 11.3 Å². The summed E-state index contributed by atoms with van der Waals surface area (Å²) < 4.78 is 5.32. The SMILES string of the molecule is CCOCc1ccc(C(C)C)s1. The van der Waals surface area contributed by atoms with Crippen molar-refractivity contribution in [3.8, 4) is 0 Å². The Bertz CT molecular complexity index is 227. The zero-order chi connectivity index (χ0) is 8.97. The molecule has 0 fully saturated rings. The van der Waals surface area contributed by atoms with E-state index in [-0.39, 0.29) is 0 Å². The van der Waals surface area contributed by atoms with Crippen LogP contribution in [-0.2, 0) is 11.3 Å². The van der Waals surface area contributed by atoms with Gasteiger partial charge in [-0.1, -0.05) is 13.8 Å². The minimum Gasteiger partial charge on any atom is -0.376 e. The molecule has 0 aliphatic carbocycles. The first-order valence-corrected chi connectivity index (χ1v) is 5.22. The summed E-state index contributed by atoms with van der Waals surface area (Å²) in [5, 5.41) is 0. The Hall–Kier alpha value is -0.340. The van der Waals surface area contributed by atoms with Crippen molar-refractivity contribution in [2.45, 2.75) is 33.3 Å². The summed E-state index contributed by atoms with van der Waals surface area (Å²) in [6.07, 6.45) is 0. The number of ether oxygens (including phenoxy) is 1. The highest BCUT2D eigenvalue weighted by Crippen LogP contribution is 2.24. The number of hydrogen-bond donors (Lipinski definition) is 0. The predicted octanol–water partition coefficient (Wildman–Crippen LogP) is 3.41. The topological polar surface area (TPSA) is 9.23 Å². The maximum Gasteiger partial charge on any atom is 0.0809 e. The molecule has 0 amide bonds. The van der Waals surface area contributed by atoms with E-state index >= 15 is 0 Å². The molecule has 1 nitrogen and oxygen atoms in total. The van der Waals surface area contributed by atoms with Crippen LogP contribution in [0.1, 0.15) is 36.4 Å². The van der Waals surface area contributed by atoms with Crippen LogP contribution in [0.2, 0.25) is 0 Å². The van der Waals surface area contributed by atoms with Gasteiger partial charge in [-0.3, -0.25) is 0 Å². The summed E-state index contributed by atoms with van der Waals surface area (Å²) in [5.41, 5.74) is 0. The summed E-state index contributed by atoms with van der Waals surface area (Å²) in [5.74, 6) is 0.644. The quantitative estimate of drug-likeness (QED) is 0.696. The van der Waals surface area contributed by atoms with E-state index in [2.05, 4.69) is 26.0 Å². The second kappa shape index (κ2) is 4.63. The van der Waals surface area contributed by atoms with Gasteiger partial charge in [-0.15, -0.1) is 11.3 Å². The zero-order valence-electron chi connectivity index (χ0n) is 7.96. The van der Waals surface area contributed by atoms with Crippen molar-refractivity contribution in [2.75, 3.05) is 6.61 Å². The second-order valence-electron chi connectivity index (χ2n) is 3.10. The molecule has 0 radical (unpaired) electrons. The predicted molar refractivity (Wildman–Crippen MR) is 53.7 cm³/mol. The van der Waals surface area contributed by atoms with Crippen molar-refractivity contribution in [1.29, 1.82) is 0 Å². The number of rotatable bonds is 4. The van der Waals surface area contributed by atoms with Gasteiger partial charge in [-0.05, 0) is 25.0 Å². The smallest absolute Gasteiger partial charge is 0.0809 e. The van der Waals surface area contributed by atoms with E-state index in [1.54, 1.807) is 0 Å². The highest BCUT2D eigenvalue weighted by Gasteiger charge is 2.02. The Labute approximate surface area is 78.4 Å². The van der Waals surface area contributed by atoms with E-state index in [1.165, 1.54) is 9.75 Å². The van der Waals surface area contributed by atoms with Crippen molar-refractivity contribution < 1.29 is 4.74 Å². The first kappa shape index (κ1) is 9.75. The van der Waals surface area contributed by atoms with E-state index in [4.69, 9.17) is 4.74 Å². The van der Waals surface area contributed by atoms with Gasteiger partial charge < -0.3 is 4.74 Å². The molecule has 68 valence electrons. The lowest BCUT2D eigenvalue weighted by molar-refractivity contribution is 0.136. The largest absolute Gasteiger partial charge is 0.376 e. The van der Waals surface area contributed by atoms with Crippen LogP contribution >= 0.6 is 11.3 Å². The van der Waals surface area contributed by atoms with E-state index in [0.29, 0.717) is 5.92 Å². The Morgan fingerprint density at radius 1 is 1.42 bits per heavy atom. The molecule has 0 aliphatic heterocycles. The average molecular weight is 184 g/mol. The van der Waals surface area contributed by atoms with Crippen molar-refractivity contribution in [3.05, 3.63) is 21.9 Å². The third-order valence-electron chi connectivity index (χ3n) is 1.70. The molecule has 0 unspecified atom stereocenters. The van der Waals surface area contributed by atoms with Gasteiger partial charge >= 0.3 is 0 Å². The van der Waals surface area contributed by atoms with Gasteiger partial charge in [-0.2, -0.15) is 0 Å². The Morgan fingerprint density at radius 2 is 2.17 bits per heavy atom. The van der Waals surface area contributed by atoms with Gasteiger partial charge in [0.2, 0.25) is 0 Å². The second-order valence-corrected chi connectivity index (χ2v) is 4.30. The Balaban J connectivity index is 2.52.